The Balaban J connectivity index is 0.000000199. The van der Waals surface area contributed by atoms with Gasteiger partial charge in [-0.2, -0.15) is 0 Å². The van der Waals surface area contributed by atoms with Gasteiger partial charge in [0.25, 0.3) is 0 Å². The Hall–Kier alpha value is -10.2. The Bertz CT molecular complexity index is 4630. The summed E-state index contributed by atoms with van der Waals surface area (Å²) in [6.45, 7) is 24.5. The van der Waals surface area contributed by atoms with Crippen molar-refractivity contribution in [3.05, 3.63) is 237 Å². The molecule has 0 saturated heterocycles. The molecule has 10 unspecified atom stereocenters. The molecule has 22 nitrogen and oxygen atoms in total. The molecule has 7 aromatic heterocycles. The van der Waals surface area contributed by atoms with Gasteiger partial charge in [0.1, 0.15) is 5.15 Å². The Morgan fingerprint density at radius 2 is 0.839 bits per heavy atom. The van der Waals surface area contributed by atoms with E-state index in [4.69, 9.17) is 23.2 Å². The number of hydrogen-bond acceptors (Lipinski definition) is 15. The van der Waals surface area contributed by atoms with E-state index in [1.165, 1.54) is 39.4 Å². The van der Waals surface area contributed by atoms with Crippen LogP contribution in [0, 0.1) is 30.6 Å². The predicted molar refractivity (Wildman–Crippen MR) is 504 cm³/mol. The lowest BCUT2D eigenvalue weighted by Crippen LogP contribution is -2.36. The van der Waals surface area contributed by atoms with Gasteiger partial charge in [-0.1, -0.05) is 138 Å². The first-order chi connectivity index (χ1) is 59.6. The number of halogens is 3. The van der Waals surface area contributed by atoms with E-state index in [-0.39, 0.29) is 41.4 Å². The summed E-state index contributed by atoms with van der Waals surface area (Å²) < 4.78 is 1.01. The molecule has 3 fully saturated rings. The third-order valence-corrected chi connectivity index (χ3v) is 23.4. The Labute approximate surface area is 752 Å². The van der Waals surface area contributed by atoms with Crippen molar-refractivity contribution in [1.82, 2.24) is 77.1 Å². The maximum Gasteiger partial charge on any atom is 0.217 e. The highest BCUT2D eigenvalue weighted by Gasteiger charge is 2.28. The Morgan fingerprint density at radius 3 is 1.33 bits per heavy atom. The third-order valence-electron chi connectivity index (χ3n) is 22.5. The van der Waals surface area contributed by atoms with Crippen molar-refractivity contribution in [3.8, 4) is 0 Å². The van der Waals surface area contributed by atoms with Crippen LogP contribution in [0.1, 0.15) is 242 Å². The molecule has 0 aliphatic heterocycles. The summed E-state index contributed by atoms with van der Waals surface area (Å²) in [5.41, 5.74) is 13.3. The molecule has 124 heavy (non-hydrogen) atoms. The van der Waals surface area contributed by atoms with Gasteiger partial charge in [-0.15, -0.1) is 0 Å². The molecule has 0 bridgehead atoms. The van der Waals surface area contributed by atoms with Gasteiger partial charge in [-0.05, 0) is 249 Å². The first-order valence-electron chi connectivity index (χ1n) is 44.1. The van der Waals surface area contributed by atoms with E-state index in [9.17, 15) is 33.6 Å². The van der Waals surface area contributed by atoms with E-state index in [1.54, 1.807) is 73.3 Å². The van der Waals surface area contributed by atoms with Crippen LogP contribution in [0.5, 0.6) is 0 Å². The topological polar surface area (TPSA) is 307 Å². The molecule has 10 atom stereocenters. The molecular formula is C99H130BrCl2N15O7. The largest absolute Gasteiger partial charge is 0.356 e. The SMILES string of the molecule is CC(=O)NC1CCCC(c2ccc(Br)cn2)C1.CC(=O)NC1CCCC(c2ccc(Cl)cn2)C1.CC(=O)NC1CCCC(c2ccnc(Cl)c2)C1.CCC(CNC(C)=O)Cc1ccc2ncccc2c1.CCC(CNC(C)=O)Cc1ccc2nccnc2c1.CCC(CNC(C)=O)Cc1cccc(C)n1.CCC(CNC(C)=O)Cc1cnc2ccccc2c1. The third kappa shape index (κ3) is 38.9. The van der Waals surface area contributed by atoms with E-state index in [2.05, 4.69) is 175 Å². The second-order valence-electron chi connectivity index (χ2n) is 32.9. The van der Waals surface area contributed by atoms with Crippen molar-refractivity contribution in [2.45, 2.75) is 247 Å². The predicted octanol–water partition coefficient (Wildman–Crippen LogP) is 19.1. The smallest absolute Gasteiger partial charge is 0.217 e. The second-order valence-corrected chi connectivity index (χ2v) is 34.6. The molecule has 25 heteroatoms. The summed E-state index contributed by atoms with van der Waals surface area (Å²) >= 11 is 15.1. The summed E-state index contributed by atoms with van der Waals surface area (Å²) in [6, 6.07) is 45.9. The normalized spacial score (nSPS) is 17.2. The molecule has 3 aliphatic rings. The number of aromatic nitrogens is 8. The van der Waals surface area contributed by atoms with Gasteiger partial charge in [-0.25, -0.2) is 4.98 Å². The number of nitrogens with one attached hydrogen (secondary N) is 7. The number of carbonyl (C=O) groups is 7. The number of pyridine rings is 6. The maximum atomic E-state index is 11.1. The zero-order chi connectivity index (χ0) is 89.7. The maximum absolute atomic E-state index is 11.1. The zero-order valence-corrected chi connectivity index (χ0v) is 77.7. The van der Waals surface area contributed by atoms with E-state index >= 15 is 0 Å². The molecule has 3 saturated carbocycles. The minimum atomic E-state index is 0.0304. The Morgan fingerprint density at radius 1 is 0.387 bits per heavy atom. The van der Waals surface area contributed by atoms with Crippen LogP contribution in [0.3, 0.4) is 0 Å². The van der Waals surface area contributed by atoms with Crippen LogP contribution < -0.4 is 37.2 Å². The number of amides is 7. The first kappa shape index (κ1) is 101. The summed E-state index contributed by atoms with van der Waals surface area (Å²) in [6.07, 6.45) is 33.6. The highest BCUT2D eigenvalue weighted by atomic mass is 79.9. The number of nitrogens with zero attached hydrogens (tertiary/aromatic N) is 8. The molecule has 3 aliphatic carbocycles. The molecule has 10 aromatic rings. The van der Waals surface area contributed by atoms with Crippen molar-refractivity contribution in [1.29, 1.82) is 0 Å². The molecule has 7 heterocycles. The Kier molecular flexibility index (Phi) is 44.9. The minimum Gasteiger partial charge on any atom is -0.356 e. The summed E-state index contributed by atoms with van der Waals surface area (Å²) in [4.78, 5) is 112. The van der Waals surface area contributed by atoms with Gasteiger partial charge in [0.15, 0.2) is 0 Å². The highest BCUT2D eigenvalue weighted by Crippen LogP contribution is 2.36. The molecular weight excluding hydrogens is 1660 g/mol. The van der Waals surface area contributed by atoms with Crippen molar-refractivity contribution in [3.63, 3.8) is 0 Å². The molecule has 664 valence electrons. The average Bonchev–Trinajstić information content (AvgIpc) is 0.945. The van der Waals surface area contributed by atoms with Crippen LogP contribution in [0.2, 0.25) is 10.2 Å². The van der Waals surface area contributed by atoms with Crippen LogP contribution in [0.15, 0.2) is 181 Å². The number of carbonyl (C=O) groups excluding carboxylic acids is 7. The molecule has 0 spiro atoms. The molecule has 7 N–H and O–H groups in total. The van der Waals surface area contributed by atoms with Crippen molar-refractivity contribution in [2.75, 3.05) is 26.2 Å². The van der Waals surface area contributed by atoms with Gasteiger partial charge >= 0.3 is 0 Å². The second kappa shape index (κ2) is 55.2. The molecule has 3 aromatic carbocycles. The zero-order valence-electron chi connectivity index (χ0n) is 74.6. The minimum absolute atomic E-state index is 0.0304. The van der Waals surface area contributed by atoms with E-state index in [1.807, 2.05) is 104 Å². The van der Waals surface area contributed by atoms with Crippen LogP contribution in [0.4, 0.5) is 0 Å². The van der Waals surface area contributed by atoms with Crippen LogP contribution in [-0.4, -0.2) is 126 Å². The van der Waals surface area contributed by atoms with Crippen molar-refractivity contribution in [2.24, 2.45) is 23.7 Å². The molecule has 7 amide bonds. The molecule has 0 radical (unpaired) electrons. The number of aryl methyl sites for hydroxylation is 1. The standard InChI is InChI=1S/2C16H20N2O.C15H19N3O.C13H17BrN2O.2C13H17ClN2O.C13H20N2O/c1-3-13(11-18-12(2)19)9-14-6-7-16-15(10-14)5-4-8-17-16;1-3-13(10-17-12(2)19)8-14-9-15-6-4-5-7-16(15)18-11-14;1-3-12(10-18-11(2)19)8-13-4-5-14-15(9-13)17-7-6-16-14;2*1-9(17)16-12-4-2-3-10(7-12)13-6-5-11(14)8-15-13;1-9(17)16-12-4-2-3-10(7-12)11-5-6-15-13(14)8-11;1-4-12(9-14-11(3)16)8-13-7-5-6-10(2)15-13/h4-8,10,13H,3,9,11H2,1-2H3,(H,18,19);4-7,9,11,13H,3,8,10H2,1-2H3,(H,17,19);4-7,9,12H,3,8,10H2,1-2H3,(H,18,19);3*5-6,8,10,12H,2-4,7H2,1H3,(H,16,17);5-7,12H,4,8-9H2,1-3H3,(H,14,16). The quantitative estimate of drug-likeness (QED) is 0.0248. The number of para-hydroxylation sites is 1. The van der Waals surface area contributed by atoms with Crippen LogP contribution in [0.25, 0.3) is 32.8 Å². The highest BCUT2D eigenvalue weighted by molar-refractivity contribution is 9.10. The van der Waals surface area contributed by atoms with Gasteiger partial charge < -0.3 is 37.2 Å². The number of benzene rings is 3. The monoisotopic (exact) mass is 1790 g/mol. The van der Waals surface area contributed by atoms with Crippen molar-refractivity contribution >= 4 is 113 Å². The fourth-order valence-corrected chi connectivity index (χ4v) is 16.3. The van der Waals surface area contributed by atoms with E-state index < -0.39 is 0 Å². The number of rotatable bonds is 26. The lowest BCUT2D eigenvalue weighted by atomic mass is 9.81. The first-order valence-corrected chi connectivity index (χ1v) is 45.6. The number of fused-ring (bicyclic) bond motifs is 3. The van der Waals surface area contributed by atoms with Gasteiger partial charge in [-0.3, -0.25) is 68.4 Å². The lowest BCUT2D eigenvalue weighted by Gasteiger charge is -2.29. The summed E-state index contributed by atoms with van der Waals surface area (Å²) in [5, 5.41) is 24.1. The van der Waals surface area contributed by atoms with E-state index in [0.29, 0.717) is 69.7 Å². The van der Waals surface area contributed by atoms with Crippen molar-refractivity contribution < 1.29 is 33.6 Å². The van der Waals surface area contributed by atoms with Crippen LogP contribution in [-0.2, 0) is 59.2 Å². The average molecular weight is 1790 g/mol. The van der Waals surface area contributed by atoms with E-state index in [0.717, 1.165) is 197 Å². The van der Waals surface area contributed by atoms with Gasteiger partial charge in [0, 0.05) is 186 Å². The fraction of sp³-hybridized carbons (Fsp3) is 0.465. The molecule has 13 rings (SSSR count). The number of hydrogen-bond donors (Lipinski definition) is 7. The fourth-order valence-electron chi connectivity index (χ4n) is 15.8. The van der Waals surface area contributed by atoms with Gasteiger partial charge in [0.05, 0.1) is 27.1 Å². The summed E-state index contributed by atoms with van der Waals surface area (Å²) in [7, 11) is 0. The lowest BCUT2D eigenvalue weighted by molar-refractivity contribution is -0.120. The van der Waals surface area contributed by atoms with Gasteiger partial charge in [0.2, 0.25) is 41.4 Å². The van der Waals surface area contributed by atoms with Crippen LogP contribution >= 0.6 is 39.1 Å². The summed E-state index contributed by atoms with van der Waals surface area (Å²) in [5.74, 6) is 3.62.